The Labute approximate surface area is 179 Å². The van der Waals surface area contributed by atoms with Crippen molar-refractivity contribution in [1.29, 1.82) is 10.5 Å². The van der Waals surface area contributed by atoms with E-state index in [1.165, 1.54) is 0 Å². The summed E-state index contributed by atoms with van der Waals surface area (Å²) in [6.45, 7) is 5.37. The first-order valence-corrected chi connectivity index (χ1v) is 9.34. The zero-order valence-corrected chi connectivity index (χ0v) is 17.1. The minimum Gasteiger partial charge on any atom is -0.491 e. The van der Waals surface area contributed by atoms with Gasteiger partial charge in [-0.25, -0.2) is 9.98 Å². The lowest BCUT2D eigenvalue weighted by Crippen LogP contribution is -2.35. The molecular weight excluding hydrogens is 399 g/mol. The Balaban J connectivity index is 2.37. The number of hydrogen-bond acceptors (Lipinski definition) is 11. The lowest BCUT2D eigenvalue weighted by Gasteiger charge is -2.29. The predicted molar refractivity (Wildman–Crippen MR) is 116 cm³/mol. The third-order valence-corrected chi connectivity index (χ3v) is 4.57. The van der Waals surface area contributed by atoms with Crippen molar-refractivity contribution >= 4 is 35.9 Å². The minimum absolute atomic E-state index is 0.00107. The number of ether oxygens (including phenoxy) is 1. The monoisotopic (exact) mass is 420 g/mol. The molecule has 0 bridgehead atoms. The van der Waals surface area contributed by atoms with Gasteiger partial charge in [-0.1, -0.05) is 11.6 Å². The molecule has 1 aromatic heterocycles. The lowest BCUT2D eigenvalue weighted by molar-refractivity contribution is 0.240. The summed E-state index contributed by atoms with van der Waals surface area (Å²) in [6, 6.07) is 4.42. The van der Waals surface area contributed by atoms with E-state index in [9.17, 15) is 15.3 Å². The van der Waals surface area contributed by atoms with Gasteiger partial charge in [0.15, 0.2) is 6.19 Å². The molecular formula is C19H21BN8O3. The van der Waals surface area contributed by atoms with Gasteiger partial charge in [0.05, 0.1) is 11.8 Å². The maximum absolute atomic E-state index is 9.94. The summed E-state index contributed by atoms with van der Waals surface area (Å²) in [7, 11) is -1.80. The van der Waals surface area contributed by atoms with Crippen LogP contribution < -0.4 is 32.3 Å². The molecule has 0 aliphatic carbocycles. The molecule has 0 amide bonds. The van der Waals surface area contributed by atoms with Crippen molar-refractivity contribution < 1.29 is 14.8 Å². The average Bonchev–Trinajstić information content (AvgIpc) is 2.68. The molecule has 2 heterocycles. The summed E-state index contributed by atoms with van der Waals surface area (Å²) in [5.74, 6) is 0.440. The molecule has 1 atom stereocenters. The molecule has 0 fully saturated rings. The molecule has 1 aliphatic heterocycles. The normalized spacial score (nSPS) is 14.6. The van der Waals surface area contributed by atoms with Gasteiger partial charge in [-0.15, -0.1) is 0 Å². The van der Waals surface area contributed by atoms with Crippen molar-refractivity contribution in [3.63, 3.8) is 0 Å². The van der Waals surface area contributed by atoms with Crippen LogP contribution in [0, 0.1) is 29.7 Å². The van der Waals surface area contributed by atoms with E-state index in [-0.39, 0.29) is 46.2 Å². The summed E-state index contributed by atoms with van der Waals surface area (Å²) in [4.78, 5) is 8.74. The van der Waals surface area contributed by atoms with Crippen LogP contribution in [-0.2, 0) is 0 Å². The number of nitrogens with two attached hydrogens (primary N) is 2. The van der Waals surface area contributed by atoms with Crippen LogP contribution in [0.2, 0.25) is 0 Å². The highest BCUT2D eigenvalue weighted by molar-refractivity contribution is 6.59. The quantitative estimate of drug-likeness (QED) is 0.219. The van der Waals surface area contributed by atoms with Crippen LogP contribution in [0.4, 0.5) is 17.3 Å². The summed E-state index contributed by atoms with van der Waals surface area (Å²) >= 11 is 0. The Morgan fingerprint density at radius 1 is 1.29 bits per heavy atom. The fourth-order valence-corrected chi connectivity index (χ4v) is 3.40. The Kier molecular flexibility index (Phi) is 5.88. The number of aliphatic imine (C=N–C) groups is 1. The Hall–Kier alpha value is -4.00. The minimum atomic E-state index is -1.80. The number of nitrogens with one attached hydrogen (secondary N) is 2. The fraction of sp³-hybridized carbons (Fsp3) is 0.263. The standard InChI is InChI=1S/C19H21BN8O3/c1-8(2)31-16-10(4-9(3)5-12(16)20(29)30)15-13-14(23)11(6-21)17(24)27-18(13)28-19(26-15)25-7-22/h4-5,8,15,29-30H,1-3H3,(H6,23,24,25,26,27,28). The van der Waals surface area contributed by atoms with Gasteiger partial charge in [0, 0.05) is 16.6 Å². The van der Waals surface area contributed by atoms with Gasteiger partial charge in [0.25, 0.3) is 0 Å². The van der Waals surface area contributed by atoms with Crippen molar-refractivity contribution in [2.45, 2.75) is 32.9 Å². The number of anilines is 3. The molecule has 1 unspecified atom stereocenters. The average molecular weight is 420 g/mol. The number of benzene rings is 1. The number of rotatable bonds is 4. The number of nitrogen functional groups attached to an aromatic ring is 2. The van der Waals surface area contributed by atoms with Crippen LogP contribution in [0.1, 0.15) is 42.1 Å². The number of guanidine groups is 1. The van der Waals surface area contributed by atoms with Gasteiger partial charge >= 0.3 is 7.12 Å². The van der Waals surface area contributed by atoms with Crippen LogP contribution in [0.25, 0.3) is 0 Å². The van der Waals surface area contributed by atoms with Crippen LogP contribution in [-0.4, -0.2) is 34.2 Å². The first-order chi connectivity index (χ1) is 14.7. The second-order valence-electron chi connectivity index (χ2n) is 7.21. The van der Waals surface area contributed by atoms with Crippen molar-refractivity contribution in [3.05, 3.63) is 34.4 Å². The highest BCUT2D eigenvalue weighted by atomic mass is 16.5. The van der Waals surface area contributed by atoms with Gasteiger partial charge in [-0.05, 0) is 26.8 Å². The number of fused-ring (bicyclic) bond motifs is 1. The SMILES string of the molecule is Cc1cc(B(O)O)c(OC(C)C)c(C2N=C(NC#N)Nc3nc(N)c(C#N)c(N)c32)c1. The van der Waals surface area contributed by atoms with Gasteiger partial charge in [0.2, 0.25) is 5.96 Å². The number of nitriles is 2. The zero-order valence-electron chi connectivity index (χ0n) is 17.1. The summed E-state index contributed by atoms with van der Waals surface area (Å²) in [5, 5.41) is 43.7. The first-order valence-electron chi connectivity index (χ1n) is 9.34. The maximum atomic E-state index is 9.94. The molecule has 2 aromatic rings. The van der Waals surface area contributed by atoms with Crippen LogP contribution in [0.5, 0.6) is 5.75 Å². The van der Waals surface area contributed by atoms with E-state index < -0.39 is 13.2 Å². The summed E-state index contributed by atoms with van der Waals surface area (Å²) < 4.78 is 5.93. The van der Waals surface area contributed by atoms with E-state index in [0.717, 1.165) is 0 Å². The van der Waals surface area contributed by atoms with E-state index in [4.69, 9.17) is 21.5 Å². The van der Waals surface area contributed by atoms with Crippen LogP contribution in [0.15, 0.2) is 17.1 Å². The van der Waals surface area contributed by atoms with E-state index >= 15 is 0 Å². The van der Waals surface area contributed by atoms with Gasteiger partial charge in [-0.2, -0.15) is 10.5 Å². The summed E-state index contributed by atoms with van der Waals surface area (Å²) in [5.41, 5.74) is 13.9. The molecule has 0 radical (unpaired) electrons. The second-order valence-corrected chi connectivity index (χ2v) is 7.21. The second kappa shape index (κ2) is 8.40. The topological polar surface area (TPSA) is 199 Å². The number of nitrogens with zero attached hydrogens (tertiary/aromatic N) is 4. The Bertz CT molecular complexity index is 1150. The highest BCUT2D eigenvalue weighted by Crippen LogP contribution is 2.43. The molecule has 12 heteroatoms. The van der Waals surface area contributed by atoms with Crippen molar-refractivity contribution in [3.8, 4) is 18.0 Å². The predicted octanol–water partition coefficient (Wildman–Crippen LogP) is -0.165. The van der Waals surface area contributed by atoms with Crippen molar-refractivity contribution in [2.75, 3.05) is 16.8 Å². The highest BCUT2D eigenvalue weighted by Gasteiger charge is 2.34. The molecule has 0 spiro atoms. The van der Waals surface area contributed by atoms with Crippen LogP contribution in [0.3, 0.4) is 0 Å². The summed E-state index contributed by atoms with van der Waals surface area (Å²) in [6.07, 6.45) is 1.49. The molecule has 1 aliphatic rings. The van der Waals surface area contributed by atoms with Gasteiger partial charge < -0.3 is 31.6 Å². The third-order valence-electron chi connectivity index (χ3n) is 4.57. The van der Waals surface area contributed by atoms with Crippen molar-refractivity contribution in [2.24, 2.45) is 4.99 Å². The molecule has 0 saturated carbocycles. The molecule has 31 heavy (non-hydrogen) atoms. The van der Waals surface area contributed by atoms with Crippen LogP contribution >= 0.6 is 0 Å². The van der Waals surface area contributed by atoms with E-state index in [1.54, 1.807) is 39.1 Å². The molecule has 8 N–H and O–H groups in total. The van der Waals surface area contributed by atoms with Gasteiger partial charge in [-0.3, -0.25) is 5.32 Å². The smallest absolute Gasteiger partial charge is 0.491 e. The number of pyridine rings is 1. The maximum Gasteiger partial charge on any atom is 0.492 e. The van der Waals surface area contributed by atoms with E-state index in [1.807, 2.05) is 6.07 Å². The molecule has 158 valence electrons. The van der Waals surface area contributed by atoms with E-state index in [2.05, 4.69) is 20.6 Å². The fourth-order valence-electron chi connectivity index (χ4n) is 3.40. The molecule has 0 saturated heterocycles. The Morgan fingerprint density at radius 3 is 2.58 bits per heavy atom. The van der Waals surface area contributed by atoms with E-state index in [0.29, 0.717) is 16.7 Å². The first kappa shape index (κ1) is 21.7. The lowest BCUT2D eigenvalue weighted by atomic mass is 9.76. The number of aromatic nitrogens is 1. The molecule has 3 rings (SSSR count). The number of aryl methyl sites for hydroxylation is 1. The zero-order chi connectivity index (χ0) is 22.9. The molecule has 11 nitrogen and oxygen atoms in total. The largest absolute Gasteiger partial charge is 0.492 e. The van der Waals surface area contributed by atoms with Gasteiger partial charge in [0.1, 0.15) is 35.1 Å². The molecule has 1 aromatic carbocycles. The number of hydrogen-bond donors (Lipinski definition) is 6. The Morgan fingerprint density at radius 2 is 2.00 bits per heavy atom. The third kappa shape index (κ3) is 4.03. The van der Waals surface area contributed by atoms with Crippen molar-refractivity contribution in [1.82, 2.24) is 10.3 Å².